The molecule has 0 unspecified atom stereocenters. The lowest BCUT2D eigenvalue weighted by molar-refractivity contribution is -0.151. The fraction of sp³-hybridized carbons (Fsp3) is 0.333. The van der Waals surface area contributed by atoms with Crippen molar-refractivity contribution in [1.82, 2.24) is 4.57 Å². The first-order valence-electron chi connectivity index (χ1n) is 6.32. The SMILES string of the molecule is COC(=O)C(C)(C)Cn1ccc2ccc(C(N)=S)cc21. The number of hydrogen-bond acceptors (Lipinski definition) is 3. The first-order valence-corrected chi connectivity index (χ1v) is 6.73. The van der Waals surface area contributed by atoms with E-state index >= 15 is 0 Å². The molecule has 0 saturated heterocycles. The maximum atomic E-state index is 11.8. The number of aromatic nitrogens is 1. The number of carbonyl (C=O) groups excluding carboxylic acids is 1. The number of thiocarbonyl (C=S) groups is 1. The summed E-state index contributed by atoms with van der Waals surface area (Å²) >= 11 is 5.01. The number of esters is 1. The van der Waals surface area contributed by atoms with Gasteiger partial charge in [-0.1, -0.05) is 24.4 Å². The molecule has 1 heterocycles. The second kappa shape index (κ2) is 5.25. The summed E-state index contributed by atoms with van der Waals surface area (Å²) in [5, 5.41) is 1.09. The molecule has 20 heavy (non-hydrogen) atoms. The highest BCUT2D eigenvalue weighted by Gasteiger charge is 2.29. The van der Waals surface area contributed by atoms with Gasteiger partial charge >= 0.3 is 5.97 Å². The second-order valence-corrected chi connectivity index (χ2v) is 5.90. The number of methoxy groups -OCH3 is 1. The number of hydrogen-bond donors (Lipinski definition) is 1. The maximum absolute atomic E-state index is 11.8. The van der Waals surface area contributed by atoms with Gasteiger partial charge in [0.15, 0.2) is 0 Å². The molecule has 0 spiro atoms. The minimum atomic E-state index is -0.597. The van der Waals surface area contributed by atoms with Crippen LogP contribution in [-0.4, -0.2) is 22.6 Å². The average molecular weight is 290 g/mol. The van der Waals surface area contributed by atoms with Crippen molar-refractivity contribution in [2.75, 3.05) is 7.11 Å². The third-order valence-electron chi connectivity index (χ3n) is 3.36. The Balaban J connectivity index is 2.42. The second-order valence-electron chi connectivity index (χ2n) is 5.46. The predicted molar refractivity (Wildman–Crippen MR) is 83.6 cm³/mol. The molecule has 4 nitrogen and oxygen atoms in total. The molecule has 0 bridgehead atoms. The van der Waals surface area contributed by atoms with Crippen LogP contribution in [0.5, 0.6) is 0 Å². The van der Waals surface area contributed by atoms with E-state index in [0.717, 1.165) is 16.5 Å². The van der Waals surface area contributed by atoms with E-state index < -0.39 is 5.41 Å². The molecule has 0 saturated carbocycles. The normalized spacial score (nSPS) is 11.6. The van der Waals surface area contributed by atoms with Gasteiger partial charge < -0.3 is 15.0 Å². The summed E-state index contributed by atoms with van der Waals surface area (Å²) < 4.78 is 6.87. The van der Waals surface area contributed by atoms with E-state index in [0.29, 0.717) is 11.5 Å². The molecule has 106 valence electrons. The van der Waals surface area contributed by atoms with Crippen LogP contribution < -0.4 is 5.73 Å². The standard InChI is InChI=1S/C15H18N2O2S/c1-15(2,14(18)19-3)9-17-7-6-10-4-5-11(13(16)20)8-12(10)17/h4-8H,9H2,1-3H3,(H2,16,20). The molecule has 0 aliphatic rings. The van der Waals surface area contributed by atoms with Crippen LogP contribution in [0.15, 0.2) is 30.5 Å². The van der Waals surface area contributed by atoms with E-state index in [1.807, 2.05) is 48.9 Å². The van der Waals surface area contributed by atoms with Crippen LogP contribution >= 0.6 is 12.2 Å². The van der Waals surface area contributed by atoms with Gasteiger partial charge in [-0.3, -0.25) is 4.79 Å². The van der Waals surface area contributed by atoms with Crippen LogP contribution in [0.25, 0.3) is 10.9 Å². The van der Waals surface area contributed by atoms with Crippen LogP contribution in [0.2, 0.25) is 0 Å². The summed E-state index contributed by atoms with van der Waals surface area (Å²) in [6.07, 6.45) is 1.96. The van der Waals surface area contributed by atoms with Gasteiger partial charge in [0.2, 0.25) is 0 Å². The fourth-order valence-corrected chi connectivity index (χ4v) is 2.37. The molecule has 0 fully saturated rings. The van der Waals surface area contributed by atoms with Crippen molar-refractivity contribution in [3.05, 3.63) is 36.0 Å². The summed E-state index contributed by atoms with van der Waals surface area (Å²) in [6.45, 7) is 4.26. The lowest BCUT2D eigenvalue weighted by atomic mass is 9.93. The van der Waals surface area contributed by atoms with Crippen LogP contribution in [0, 0.1) is 5.41 Å². The summed E-state index contributed by atoms with van der Waals surface area (Å²) in [6, 6.07) is 7.84. The van der Waals surface area contributed by atoms with Crippen molar-refractivity contribution in [3.63, 3.8) is 0 Å². The number of benzene rings is 1. The maximum Gasteiger partial charge on any atom is 0.313 e. The fourth-order valence-electron chi connectivity index (χ4n) is 2.24. The number of nitrogens with two attached hydrogens (primary N) is 1. The topological polar surface area (TPSA) is 57.2 Å². The number of nitrogens with zero attached hydrogens (tertiary/aromatic N) is 1. The van der Waals surface area contributed by atoms with Gasteiger partial charge in [-0.25, -0.2) is 0 Å². The molecule has 0 atom stereocenters. The Hall–Kier alpha value is -1.88. The van der Waals surface area contributed by atoms with Gasteiger partial charge in [0.05, 0.1) is 12.5 Å². The third-order valence-corrected chi connectivity index (χ3v) is 3.60. The molecular formula is C15H18N2O2S. The molecule has 0 aliphatic heterocycles. The third kappa shape index (κ3) is 2.67. The van der Waals surface area contributed by atoms with E-state index in [2.05, 4.69) is 0 Å². The van der Waals surface area contributed by atoms with Gasteiger partial charge in [-0.15, -0.1) is 0 Å². The minimum absolute atomic E-state index is 0.232. The molecule has 0 radical (unpaired) electrons. The van der Waals surface area contributed by atoms with E-state index in [4.69, 9.17) is 22.7 Å². The highest BCUT2D eigenvalue weighted by molar-refractivity contribution is 7.80. The van der Waals surface area contributed by atoms with Crippen molar-refractivity contribution < 1.29 is 9.53 Å². The first-order chi connectivity index (χ1) is 9.35. The van der Waals surface area contributed by atoms with Crippen LogP contribution in [0.4, 0.5) is 0 Å². The van der Waals surface area contributed by atoms with Crippen molar-refractivity contribution in [3.8, 4) is 0 Å². The first kappa shape index (κ1) is 14.5. The molecule has 2 N–H and O–H groups in total. The molecule has 5 heteroatoms. The monoisotopic (exact) mass is 290 g/mol. The van der Waals surface area contributed by atoms with Crippen LogP contribution in [-0.2, 0) is 16.1 Å². The molecular weight excluding hydrogens is 272 g/mol. The van der Waals surface area contributed by atoms with Crippen molar-refractivity contribution in [2.45, 2.75) is 20.4 Å². The van der Waals surface area contributed by atoms with Gasteiger partial charge in [0.25, 0.3) is 0 Å². The van der Waals surface area contributed by atoms with E-state index in [1.54, 1.807) is 0 Å². The van der Waals surface area contributed by atoms with E-state index in [-0.39, 0.29) is 5.97 Å². The van der Waals surface area contributed by atoms with Gasteiger partial charge in [-0.2, -0.15) is 0 Å². The van der Waals surface area contributed by atoms with Gasteiger partial charge in [0, 0.05) is 23.8 Å². The zero-order valence-electron chi connectivity index (χ0n) is 11.8. The highest BCUT2D eigenvalue weighted by atomic mass is 32.1. The predicted octanol–water partition coefficient (Wildman–Crippen LogP) is 2.47. The average Bonchev–Trinajstić information content (AvgIpc) is 2.79. The Morgan fingerprint density at radius 1 is 1.40 bits per heavy atom. The zero-order valence-corrected chi connectivity index (χ0v) is 12.7. The van der Waals surface area contributed by atoms with Crippen LogP contribution in [0.3, 0.4) is 0 Å². The van der Waals surface area contributed by atoms with E-state index in [1.165, 1.54) is 7.11 Å². The summed E-state index contributed by atoms with van der Waals surface area (Å²) in [7, 11) is 1.41. The van der Waals surface area contributed by atoms with Crippen molar-refractivity contribution in [1.29, 1.82) is 0 Å². The molecule has 2 rings (SSSR count). The smallest absolute Gasteiger partial charge is 0.313 e. The summed E-state index contributed by atoms with van der Waals surface area (Å²) in [4.78, 5) is 12.2. The lowest BCUT2D eigenvalue weighted by Crippen LogP contribution is -2.30. The Morgan fingerprint density at radius 2 is 2.10 bits per heavy atom. The Kier molecular flexibility index (Phi) is 3.81. The highest BCUT2D eigenvalue weighted by Crippen LogP contribution is 2.25. The molecule has 1 aromatic carbocycles. The lowest BCUT2D eigenvalue weighted by Gasteiger charge is -2.22. The molecule has 1 aromatic heterocycles. The number of rotatable bonds is 4. The molecule has 0 amide bonds. The zero-order chi connectivity index (χ0) is 14.9. The summed E-state index contributed by atoms with van der Waals surface area (Å²) in [5.41, 5.74) is 6.90. The Bertz CT molecular complexity index is 674. The van der Waals surface area contributed by atoms with E-state index in [9.17, 15) is 4.79 Å². The quantitative estimate of drug-likeness (QED) is 0.694. The minimum Gasteiger partial charge on any atom is -0.469 e. The van der Waals surface area contributed by atoms with Crippen LogP contribution in [0.1, 0.15) is 19.4 Å². The summed E-state index contributed by atoms with van der Waals surface area (Å²) in [5.74, 6) is -0.232. The van der Waals surface area contributed by atoms with Gasteiger partial charge in [0.1, 0.15) is 4.99 Å². The largest absolute Gasteiger partial charge is 0.469 e. The Morgan fingerprint density at radius 3 is 2.70 bits per heavy atom. The molecule has 2 aromatic rings. The number of ether oxygens (including phenoxy) is 1. The van der Waals surface area contributed by atoms with Crippen molar-refractivity contribution in [2.24, 2.45) is 11.1 Å². The van der Waals surface area contributed by atoms with Gasteiger partial charge in [-0.05, 0) is 31.4 Å². The van der Waals surface area contributed by atoms with Crippen molar-refractivity contribution >= 4 is 34.1 Å². The number of carbonyl (C=O) groups is 1. The number of fused-ring (bicyclic) bond motifs is 1. The molecule has 0 aliphatic carbocycles. The Labute approximate surface area is 123 Å².